The summed E-state index contributed by atoms with van der Waals surface area (Å²) >= 11 is 0. The molecule has 0 spiro atoms. The minimum absolute atomic E-state index is 0.616. The summed E-state index contributed by atoms with van der Waals surface area (Å²) in [5, 5.41) is 1.02. The van der Waals surface area contributed by atoms with Crippen LogP contribution < -0.4 is 4.90 Å². The standard InChI is InChI=1S/C23H21N7/c1-14-5-4-6-18-19(14)25-13-30(18)23-26-20(17-8-10-29(3)22(17)27-23)16-11-15-7-9-28(2)21(15)24-12-16/h4-6,8,10-13H,7,9H2,1-3H3. The second kappa shape index (κ2) is 6.13. The first-order valence-corrected chi connectivity index (χ1v) is 10.1. The maximum absolute atomic E-state index is 5.00. The Bertz CT molecular complexity index is 1440. The molecule has 0 saturated carbocycles. The molecule has 5 heterocycles. The maximum Gasteiger partial charge on any atom is 0.238 e. The molecule has 7 nitrogen and oxygen atoms in total. The van der Waals surface area contributed by atoms with Crippen LogP contribution in [-0.2, 0) is 13.5 Å². The Morgan fingerprint density at radius 1 is 1.03 bits per heavy atom. The quantitative estimate of drug-likeness (QED) is 0.456. The Morgan fingerprint density at radius 2 is 1.93 bits per heavy atom. The second-order valence-corrected chi connectivity index (χ2v) is 7.97. The molecule has 7 heteroatoms. The average molecular weight is 395 g/mol. The lowest BCUT2D eigenvalue weighted by atomic mass is 10.1. The van der Waals surface area contributed by atoms with E-state index in [0.29, 0.717) is 5.95 Å². The van der Waals surface area contributed by atoms with Crippen LogP contribution in [0.2, 0.25) is 0 Å². The van der Waals surface area contributed by atoms with Crippen LogP contribution in [0.25, 0.3) is 39.3 Å². The van der Waals surface area contributed by atoms with E-state index in [2.05, 4.69) is 48.1 Å². The van der Waals surface area contributed by atoms with E-state index in [-0.39, 0.29) is 0 Å². The number of hydrogen-bond donors (Lipinski definition) is 0. The van der Waals surface area contributed by atoms with E-state index in [1.54, 1.807) is 0 Å². The minimum atomic E-state index is 0.616. The summed E-state index contributed by atoms with van der Waals surface area (Å²) in [4.78, 5) is 21.4. The van der Waals surface area contributed by atoms with Gasteiger partial charge in [0.2, 0.25) is 5.95 Å². The fraction of sp³-hybridized carbons (Fsp3) is 0.217. The number of fused-ring (bicyclic) bond motifs is 3. The monoisotopic (exact) mass is 395 g/mol. The number of imidazole rings is 1. The smallest absolute Gasteiger partial charge is 0.238 e. The molecule has 0 radical (unpaired) electrons. The van der Waals surface area contributed by atoms with Crippen LogP contribution in [0.15, 0.2) is 49.1 Å². The van der Waals surface area contributed by atoms with E-state index in [9.17, 15) is 0 Å². The zero-order chi connectivity index (χ0) is 20.4. The van der Waals surface area contributed by atoms with Crippen molar-refractivity contribution in [2.24, 2.45) is 7.05 Å². The number of benzene rings is 1. The van der Waals surface area contributed by atoms with Gasteiger partial charge in [-0.3, -0.25) is 4.57 Å². The van der Waals surface area contributed by atoms with E-state index in [4.69, 9.17) is 15.0 Å². The van der Waals surface area contributed by atoms with Gasteiger partial charge in [-0.1, -0.05) is 12.1 Å². The summed E-state index contributed by atoms with van der Waals surface area (Å²) in [5.41, 5.74) is 7.18. The number of aromatic nitrogens is 6. The Labute approximate surface area is 173 Å². The highest BCUT2D eigenvalue weighted by atomic mass is 15.2. The number of aryl methyl sites for hydroxylation is 2. The first-order valence-electron chi connectivity index (χ1n) is 10.1. The van der Waals surface area contributed by atoms with Crippen LogP contribution in [0.1, 0.15) is 11.1 Å². The van der Waals surface area contributed by atoms with Gasteiger partial charge < -0.3 is 9.47 Å². The normalized spacial score (nSPS) is 13.5. The van der Waals surface area contributed by atoms with Gasteiger partial charge in [-0.25, -0.2) is 15.0 Å². The highest BCUT2D eigenvalue weighted by molar-refractivity contribution is 5.92. The molecule has 0 fully saturated rings. The number of para-hydroxylation sites is 1. The summed E-state index contributed by atoms with van der Waals surface area (Å²) < 4.78 is 4.00. The number of hydrogen-bond acceptors (Lipinski definition) is 5. The average Bonchev–Trinajstić information content (AvgIpc) is 3.45. The molecule has 148 valence electrons. The molecule has 0 saturated heterocycles. The fourth-order valence-electron chi connectivity index (χ4n) is 4.35. The molecule has 0 aliphatic carbocycles. The second-order valence-electron chi connectivity index (χ2n) is 7.97. The molecule has 6 rings (SSSR count). The van der Waals surface area contributed by atoms with E-state index < -0.39 is 0 Å². The predicted octanol–water partition coefficient (Wildman–Crippen LogP) is 3.67. The van der Waals surface area contributed by atoms with Gasteiger partial charge in [-0.15, -0.1) is 0 Å². The molecule has 4 aromatic heterocycles. The Balaban J connectivity index is 1.61. The van der Waals surface area contributed by atoms with Crippen molar-refractivity contribution in [3.05, 3.63) is 60.2 Å². The lowest BCUT2D eigenvalue weighted by Crippen LogP contribution is -2.13. The van der Waals surface area contributed by atoms with E-state index in [0.717, 1.165) is 57.7 Å². The molecule has 0 N–H and O–H groups in total. The molecule has 0 atom stereocenters. The van der Waals surface area contributed by atoms with Gasteiger partial charge in [0.15, 0.2) is 0 Å². The Kier molecular flexibility index (Phi) is 3.50. The lowest BCUT2D eigenvalue weighted by Gasteiger charge is -2.12. The first-order chi connectivity index (χ1) is 14.6. The van der Waals surface area contributed by atoms with Crippen molar-refractivity contribution in [2.75, 3.05) is 18.5 Å². The molecule has 5 aromatic rings. The summed E-state index contributed by atoms with van der Waals surface area (Å²) in [6.07, 6.45) is 6.77. The molecule has 30 heavy (non-hydrogen) atoms. The third kappa shape index (κ3) is 2.38. The topological polar surface area (TPSA) is 64.7 Å². The van der Waals surface area contributed by atoms with E-state index >= 15 is 0 Å². The molecule has 1 aromatic carbocycles. The molecule has 0 unspecified atom stereocenters. The van der Waals surface area contributed by atoms with Crippen molar-refractivity contribution in [1.82, 2.24) is 29.1 Å². The van der Waals surface area contributed by atoms with Gasteiger partial charge in [0.1, 0.15) is 17.8 Å². The van der Waals surface area contributed by atoms with Gasteiger partial charge in [0, 0.05) is 44.0 Å². The molecular formula is C23H21N7. The molecular weight excluding hydrogens is 374 g/mol. The fourth-order valence-corrected chi connectivity index (χ4v) is 4.35. The van der Waals surface area contributed by atoms with Crippen LogP contribution in [-0.4, -0.2) is 42.7 Å². The van der Waals surface area contributed by atoms with Crippen LogP contribution in [0.4, 0.5) is 5.82 Å². The maximum atomic E-state index is 5.00. The van der Waals surface area contributed by atoms with Crippen molar-refractivity contribution < 1.29 is 0 Å². The third-order valence-electron chi connectivity index (χ3n) is 6.00. The van der Waals surface area contributed by atoms with Crippen LogP contribution in [0, 0.1) is 6.92 Å². The molecule has 1 aliphatic rings. The molecule has 0 amide bonds. The van der Waals surface area contributed by atoms with Crippen molar-refractivity contribution in [1.29, 1.82) is 0 Å². The van der Waals surface area contributed by atoms with Crippen molar-refractivity contribution in [3.63, 3.8) is 0 Å². The highest BCUT2D eigenvalue weighted by Gasteiger charge is 2.20. The third-order valence-corrected chi connectivity index (χ3v) is 6.00. The zero-order valence-electron chi connectivity index (χ0n) is 17.2. The van der Waals surface area contributed by atoms with E-state index in [1.807, 2.05) is 41.0 Å². The van der Waals surface area contributed by atoms with Crippen molar-refractivity contribution in [2.45, 2.75) is 13.3 Å². The summed E-state index contributed by atoms with van der Waals surface area (Å²) in [6.45, 7) is 3.07. The summed E-state index contributed by atoms with van der Waals surface area (Å²) in [7, 11) is 4.10. The van der Waals surface area contributed by atoms with Crippen LogP contribution in [0.3, 0.4) is 0 Å². The first kappa shape index (κ1) is 17.1. The van der Waals surface area contributed by atoms with E-state index in [1.165, 1.54) is 5.56 Å². The zero-order valence-corrected chi connectivity index (χ0v) is 17.2. The minimum Gasteiger partial charge on any atom is -0.359 e. The van der Waals surface area contributed by atoms with Gasteiger partial charge in [-0.05, 0) is 42.7 Å². The highest BCUT2D eigenvalue weighted by Crippen LogP contribution is 2.32. The van der Waals surface area contributed by atoms with Gasteiger partial charge >= 0.3 is 0 Å². The van der Waals surface area contributed by atoms with Crippen molar-refractivity contribution in [3.8, 4) is 17.2 Å². The van der Waals surface area contributed by atoms with Crippen LogP contribution >= 0.6 is 0 Å². The lowest BCUT2D eigenvalue weighted by molar-refractivity contribution is 0.912. The Hall–Kier alpha value is -3.74. The number of nitrogens with zero attached hydrogens (tertiary/aromatic N) is 7. The predicted molar refractivity (Wildman–Crippen MR) is 118 cm³/mol. The summed E-state index contributed by atoms with van der Waals surface area (Å²) in [6, 6.07) is 10.5. The van der Waals surface area contributed by atoms with Crippen LogP contribution in [0.5, 0.6) is 0 Å². The molecule has 1 aliphatic heterocycles. The largest absolute Gasteiger partial charge is 0.359 e. The van der Waals surface area contributed by atoms with Gasteiger partial charge in [0.25, 0.3) is 0 Å². The Morgan fingerprint density at radius 3 is 2.83 bits per heavy atom. The number of pyridine rings is 1. The van der Waals surface area contributed by atoms with Crippen molar-refractivity contribution >= 4 is 27.9 Å². The number of likely N-dealkylation sites (N-methyl/N-ethyl adjacent to an activating group) is 1. The molecule has 0 bridgehead atoms. The number of rotatable bonds is 2. The summed E-state index contributed by atoms with van der Waals surface area (Å²) in [5.74, 6) is 1.68. The SMILES string of the molecule is Cc1cccc2c1ncn2-c1nc(-c2cnc3c(c2)CCN3C)c2ccn(C)c2n1. The number of anilines is 1. The van der Waals surface area contributed by atoms with Gasteiger partial charge in [0.05, 0.1) is 16.7 Å². The van der Waals surface area contributed by atoms with Gasteiger partial charge in [-0.2, -0.15) is 4.98 Å².